The maximum Gasteiger partial charge on any atom is 0.325 e. The molecule has 0 aromatic heterocycles. The van der Waals surface area contributed by atoms with Crippen LogP contribution in [-0.2, 0) is 9.59 Å². The Labute approximate surface area is 252 Å². The summed E-state index contributed by atoms with van der Waals surface area (Å²) in [5.41, 5.74) is -3.04. The third kappa shape index (κ3) is 4.84. The van der Waals surface area contributed by atoms with Crippen molar-refractivity contribution in [3.63, 3.8) is 0 Å². The second kappa shape index (κ2) is 10.8. The number of rotatable bonds is 9. The van der Waals surface area contributed by atoms with Crippen molar-refractivity contribution in [1.82, 2.24) is 31.1 Å². The van der Waals surface area contributed by atoms with E-state index in [4.69, 9.17) is 0 Å². The van der Waals surface area contributed by atoms with Crippen LogP contribution in [0.15, 0.2) is 0 Å². The van der Waals surface area contributed by atoms with E-state index in [-0.39, 0.29) is 71.0 Å². The number of carbonyl (C=O) groups is 4. The number of imide groups is 2. The Hall–Kier alpha value is -2.20. The lowest BCUT2D eigenvalue weighted by Gasteiger charge is -2.56. The minimum Gasteiger partial charge on any atom is -0.323 e. The average molecular weight is 589 g/mol. The zero-order chi connectivity index (χ0) is 31.5. The molecular formula is C32H56N6O4. The van der Waals surface area contributed by atoms with Crippen molar-refractivity contribution in [2.24, 2.45) is 11.8 Å². The second-order valence-electron chi connectivity index (χ2n) is 14.8. The zero-order valence-corrected chi connectivity index (χ0v) is 27.8. The van der Waals surface area contributed by atoms with E-state index < -0.39 is 11.1 Å². The molecule has 4 N–H and O–H groups in total. The Bertz CT molecular complexity index is 1050. The van der Waals surface area contributed by atoms with Crippen molar-refractivity contribution in [3.8, 4) is 0 Å². The molecule has 4 rings (SSSR count). The van der Waals surface area contributed by atoms with Crippen LogP contribution in [-0.4, -0.2) is 80.0 Å². The molecule has 238 valence electrons. The number of unbranched alkanes of at least 4 members (excludes halogenated alkanes) is 1. The van der Waals surface area contributed by atoms with Gasteiger partial charge in [0.15, 0.2) is 0 Å². The van der Waals surface area contributed by atoms with Crippen LogP contribution in [0.2, 0.25) is 0 Å². The number of piperidine rings is 2. The average Bonchev–Trinajstić information content (AvgIpc) is 3.32. The molecule has 4 heterocycles. The lowest BCUT2D eigenvalue weighted by atomic mass is 9.61. The Kier molecular flexibility index (Phi) is 8.37. The molecule has 0 bridgehead atoms. The summed E-state index contributed by atoms with van der Waals surface area (Å²) in [6, 6.07) is -0.693. The largest absolute Gasteiger partial charge is 0.325 e. The Morgan fingerprint density at radius 2 is 0.952 bits per heavy atom. The number of hydrogen-bond acceptors (Lipinski definition) is 6. The number of hydrogen-bond donors (Lipinski definition) is 4. The molecule has 4 saturated heterocycles. The smallest absolute Gasteiger partial charge is 0.323 e. The molecule has 4 aliphatic rings. The van der Waals surface area contributed by atoms with Gasteiger partial charge in [-0.2, -0.15) is 0 Å². The Morgan fingerprint density at radius 1 is 0.619 bits per heavy atom. The molecule has 0 radical (unpaired) electrons. The lowest BCUT2D eigenvalue weighted by molar-refractivity contribution is -0.139. The fourth-order valence-electron chi connectivity index (χ4n) is 8.59. The first-order valence-electron chi connectivity index (χ1n) is 16.3. The highest BCUT2D eigenvalue weighted by atomic mass is 16.2. The fraction of sp³-hybridized carbons (Fsp3) is 0.875. The summed E-state index contributed by atoms with van der Waals surface area (Å²) in [6.45, 7) is 21.7. The first kappa shape index (κ1) is 32.7. The Balaban J connectivity index is 1.44. The molecule has 10 nitrogen and oxygen atoms in total. The molecule has 2 spiro atoms. The van der Waals surface area contributed by atoms with Crippen LogP contribution in [0, 0.1) is 11.8 Å². The van der Waals surface area contributed by atoms with Gasteiger partial charge in [-0.25, -0.2) is 9.59 Å². The minimum absolute atomic E-state index is 0.0900. The molecule has 4 fully saturated rings. The van der Waals surface area contributed by atoms with Crippen molar-refractivity contribution in [2.75, 3.05) is 13.1 Å². The summed E-state index contributed by atoms with van der Waals surface area (Å²) in [5, 5.41) is 13.8. The third-order valence-corrected chi connectivity index (χ3v) is 12.3. The maximum atomic E-state index is 14.0. The van der Waals surface area contributed by atoms with E-state index in [1.165, 1.54) is 9.80 Å². The van der Waals surface area contributed by atoms with Gasteiger partial charge in [-0.05, 0) is 79.1 Å². The predicted octanol–water partition coefficient (Wildman–Crippen LogP) is 4.28. The SMILES string of the molecule is CCC1(C)CC2(NC(=O)N(CCCCN3C(=O)NC4(CC(C)(CC)NC(C)(CC)C4C)C3=O)C2=O)C(C)C(C)(CC)N1. The zero-order valence-electron chi connectivity index (χ0n) is 27.8. The number of amides is 6. The molecule has 42 heavy (non-hydrogen) atoms. The first-order chi connectivity index (χ1) is 19.4. The van der Waals surface area contributed by atoms with E-state index in [1.807, 2.05) is 0 Å². The molecule has 4 aliphatic heterocycles. The molecule has 0 saturated carbocycles. The summed E-state index contributed by atoms with van der Waals surface area (Å²) < 4.78 is 0. The maximum absolute atomic E-state index is 14.0. The van der Waals surface area contributed by atoms with Crippen LogP contribution >= 0.6 is 0 Å². The molecule has 8 atom stereocenters. The van der Waals surface area contributed by atoms with Gasteiger partial charge in [0.25, 0.3) is 11.8 Å². The highest BCUT2D eigenvalue weighted by Gasteiger charge is 2.65. The molecule has 8 unspecified atom stereocenters. The van der Waals surface area contributed by atoms with Crippen LogP contribution in [0.3, 0.4) is 0 Å². The quantitative estimate of drug-likeness (QED) is 0.236. The molecular weight excluding hydrogens is 532 g/mol. The van der Waals surface area contributed by atoms with Crippen LogP contribution < -0.4 is 21.3 Å². The van der Waals surface area contributed by atoms with Crippen LogP contribution in [0.5, 0.6) is 0 Å². The number of urea groups is 2. The van der Waals surface area contributed by atoms with E-state index in [9.17, 15) is 19.2 Å². The summed E-state index contributed by atoms with van der Waals surface area (Å²) in [5.74, 6) is -0.493. The number of nitrogens with zero attached hydrogens (tertiary/aromatic N) is 2. The Morgan fingerprint density at radius 3 is 1.24 bits per heavy atom. The van der Waals surface area contributed by atoms with Gasteiger partial charge in [0, 0.05) is 47.1 Å². The first-order valence-corrected chi connectivity index (χ1v) is 16.3. The van der Waals surface area contributed by atoms with Gasteiger partial charge in [0.2, 0.25) is 0 Å². The van der Waals surface area contributed by atoms with E-state index >= 15 is 0 Å². The predicted molar refractivity (Wildman–Crippen MR) is 164 cm³/mol. The topological polar surface area (TPSA) is 123 Å². The van der Waals surface area contributed by atoms with E-state index in [0.29, 0.717) is 25.7 Å². The van der Waals surface area contributed by atoms with E-state index in [1.54, 1.807) is 0 Å². The van der Waals surface area contributed by atoms with Crippen LogP contribution in [0.4, 0.5) is 9.59 Å². The third-order valence-electron chi connectivity index (χ3n) is 12.3. The van der Waals surface area contributed by atoms with Gasteiger partial charge in [0.05, 0.1) is 0 Å². The van der Waals surface area contributed by atoms with Crippen LogP contribution in [0.1, 0.15) is 121 Å². The number of carbonyl (C=O) groups excluding carboxylic acids is 4. The summed E-state index contributed by atoms with van der Waals surface area (Å²) >= 11 is 0. The standard InChI is InChI=1S/C32H56N6O4/c1-11-27(7)19-31(21(5)29(9,13-3)35-27)23(39)37(25(41)33-31)17-15-16-18-38-24(40)32(34-26(38)42)20-28(8,12-2)36-30(10,14-4)22(32)6/h21-22,35-36H,11-20H2,1-10H3,(H,33,41)(H,34,42). The highest BCUT2D eigenvalue weighted by Crippen LogP contribution is 2.47. The van der Waals surface area contributed by atoms with Crippen molar-refractivity contribution in [3.05, 3.63) is 0 Å². The van der Waals surface area contributed by atoms with Gasteiger partial charge in [-0.3, -0.25) is 19.4 Å². The van der Waals surface area contributed by atoms with Gasteiger partial charge in [0.1, 0.15) is 11.1 Å². The second-order valence-corrected chi connectivity index (χ2v) is 14.8. The van der Waals surface area contributed by atoms with Gasteiger partial charge < -0.3 is 21.3 Å². The number of nitrogens with one attached hydrogen (secondary N) is 4. The monoisotopic (exact) mass is 588 g/mol. The molecule has 0 aromatic rings. The van der Waals surface area contributed by atoms with Crippen molar-refractivity contribution in [1.29, 1.82) is 0 Å². The van der Waals surface area contributed by atoms with Crippen molar-refractivity contribution >= 4 is 23.9 Å². The normalized spacial score (nSPS) is 44.0. The highest BCUT2D eigenvalue weighted by molar-refractivity contribution is 6.08. The molecule has 0 aromatic carbocycles. The van der Waals surface area contributed by atoms with Crippen molar-refractivity contribution < 1.29 is 19.2 Å². The minimum atomic E-state index is -0.946. The van der Waals surface area contributed by atoms with Gasteiger partial charge >= 0.3 is 12.1 Å². The molecule has 10 heteroatoms. The molecule has 6 amide bonds. The van der Waals surface area contributed by atoms with Crippen LogP contribution in [0.25, 0.3) is 0 Å². The summed E-state index contributed by atoms with van der Waals surface area (Å²) in [4.78, 5) is 57.1. The molecule has 0 aliphatic carbocycles. The lowest BCUT2D eigenvalue weighted by Crippen LogP contribution is -2.74. The fourth-order valence-corrected chi connectivity index (χ4v) is 8.59. The summed E-state index contributed by atoms with van der Waals surface area (Å²) in [7, 11) is 0. The summed E-state index contributed by atoms with van der Waals surface area (Å²) in [6.07, 6.45) is 5.47. The van der Waals surface area contributed by atoms with E-state index in [2.05, 4.69) is 90.5 Å². The van der Waals surface area contributed by atoms with Crippen molar-refractivity contribution in [2.45, 2.75) is 154 Å². The van der Waals surface area contributed by atoms with E-state index in [0.717, 1.165) is 25.7 Å². The van der Waals surface area contributed by atoms with Gasteiger partial charge in [-0.1, -0.05) is 41.5 Å². The van der Waals surface area contributed by atoms with Gasteiger partial charge in [-0.15, -0.1) is 0 Å².